The highest BCUT2D eigenvalue weighted by Crippen LogP contribution is 1.98. The molecule has 0 saturated carbocycles. The van der Waals surface area contributed by atoms with Gasteiger partial charge in [0.1, 0.15) is 0 Å². The molecular weight excluding hydrogens is 116 g/mol. The summed E-state index contributed by atoms with van der Waals surface area (Å²) in [7, 11) is 0. The van der Waals surface area contributed by atoms with Crippen molar-refractivity contribution in [1.29, 1.82) is 0 Å². The first-order chi connectivity index (χ1) is 4.16. The SMILES string of the molecule is CC/C=C(\C)CC(=O)[O-]. The Bertz CT molecular complexity index is 125. The maximum atomic E-state index is 9.93. The lowest BCUT2D eigenvalue weighted by molar-refractivity contribution is -0.304. The van der Waals surface area contributed by atoms with Crippen LogP contribution < -0.4 is 5.11 Å². The van der Waals surface area contributed by atoms with Crippen molar-refractivity contribution in [2.45, 2.75) is 26.7 Å². The van der Waals surface area contributed by atoms with E-state index in [-0.39, 0.29) is 6.42 Å². The fourth-order valence-electron chi connectivity index (χ4n) is 0.648. The molecule has 0 aliphatic carbocycles. The molecule has 0 aliphatic heterocycles. The molecule has 0 heterocycles. The van der Waals surface area contributed by atoms with E-state index < -0.39 is 5.97 Å². The number of carbonyl (C=O) groups is 1. The minimum absolute atomic E-state index is 0.0633. The Morgan fingerprint density at radius 3 is 2.56 bits per heavy atom. The number of carbonyl (C=O) groups excluding carboxylic acids is 1. The molecule has 0 rings (SSSR count). The van der Waals surface area contributed by atoms with E-state index in [1.54, 1.807) is 6.92 Å². The third-order valence-corrected chi connectivity index (χ3v) is 0.976. The van der Waals surface area contributed by atoms with Crippen LogP contribution >= 0.6 is 0 Å². The van der Waals surface area contributed by atoms with Gasteiger partial charge in [0.15, 0.2) is 0 Å². The summed E-state index contributed by atoms with van der Waals surface area (Å²) in [5.74, 6) is -1.00. The number of hydrogen-bond donors (Lipinski definition) is 0. The normalized spacial score (nSPS) is 11.6. The van der Waals surface area contributed by atoms with E-state index in [0.29, 0.717) is 0 Å². The quantitative estimate of drug-likeness (QED) is 0.517. The number of carboxylic acids is 1. The van der Waals surface area contributed by atoms with E-state index in [1.807, 2.05) is 13.0 Å². The van der Waals surface area contributed by atoms with E-state index in [0.717, 1.165) is 12.0 Å². The second-order valence-electron chi connectivity index (χ2n) is 2.01. The molecule has 2 heteroatoms. The second kappa shape index (κ2) is 4.13. The number of aliphatic carboxylic acids is 1. The van der Waals surface area contributed by atoms with E-state index in [9.17, 15) is 9.90 Å². The van der Waals surface area contributed by atoms with Crippen LogP contribution in [0.5, 0.6) is 0 Å². The smallest absolute Gasteiger partial charge is 0.0454 e. The van der Waals surface area contributed by atoms with Gasteiger partial charge in [0.05, 0.1) is 0 Å². The van der Waals surface area contributed by atoms with Crippen molar-refractivity contribution in [3.8, 4) is 0 Å². The zero-order valence-electron chi connectivity index (χ0n) is 5.81. The summed E-state index contributed by atoms with van der Waals surface area (Å²) in [6.07, 6.45) is 2.84. The average Bonchev–Trinajstić information content (AvgIpc) is 1.63. The van der Waals surface area contributed by atoms with Gasteiger partial charge in [-0.25, -0.2) is 0 Å². The Kier molecular flexibility index (Phi) is 3.76. The van der Waals surface area contributed by atoms with Gasteiger partial charge < -0.3 is 9.90 Å². The first kappa shape index (κ1) is 8.21. The van der Waals surface area contributed by atoms with Gasteiger partial charge in [0, 0.05) is 12.4 Å². The third kappa shape index (κ3) is 5.07. The molecule has 0 aromatic carbocycles. The van der Waals surface area contributed by atoms with Crippen molar-refractivity contribution in [3.05, 3.63) is 11.6 Å². The fraction of sp³-hybridized carbons (Fsp3) is 0.571. The molecule has 0 saturated heterocycles. The predicted molar refractivity (Wildman–Crippen MR) is 33.7 cm³/mol. The molecule has 0 amide bonds. The highest BCUT2D eigenvalue weighted by Gasteiger charge is 1.86. The molecule has 0 N–H and O–H groups in total. The molecule has 0 spiro atoms. The van der Waals surface area contributed by atoms with Crippen LogP contribution in [0.2, 0.25) is 0 Å². The zero-order chi connectivity index (χ0) is 7.28. The highest BCUT2D eigenvalue weighted by atomic mass is 16.4. The van der Waals surface area contributed by atoms with Crippen LogP contribution in [0, 0.1) is 0 Å². The number of hydrogen-bond acceptors (Lipinski definition) is 2. The van der Waals surface area contributed by atoms with Crippen molar-refractivity contribution in [2.24, 2.45) is 0 Å². The van der Waals surface area contributed by atoms with Gasteiger partial charge in [-0.1, -0.05) is 18.6 Å². The lowest BCUT2D eigenvalue weighted by Gasteiger charge is -1.99. The maximum absolute atomic E-state index is 9.93. The Morgan fingerprint density at radius 2 is 2.22 bits per heavy atom. The van der Waals surface area contributed by atoms with Crippen LogP contribution in [0.3, 0.4) is 0 Å². The molecule has 0 aromatic heterocycles. The van der Waals surface area contributed by atoms with Gasteiger partial charge in [-0.3, -0.25) is 0 Å². The van der Waals surface area contributed by atoms with Crippen molar-refractivity contribution < 1.29 is 9.90 Å². The Morgan fingerprint density at radius 1 is 1.67 bits per heavy atom. The largest absolute Gasteiger partial charge is 0.550 e. The zero-order valence-corrected chi connectivity index (χ0v) is 5.81. The third-order valence-electron chi connectivity index (χ3n) is 0.976. The van der Waals surface area contributed by atoms with Crippen LogP contribution in [0.15, 0.2) is 11.6 Å². The molecule has 2 nitrogen and oxygen atoms in total. The van der Waals surface area contributed by atoms with Crippen LogP contribution in [0.1, 0.15) is 26.7 Å². The molecule has 0 fully saturated rings. The predicted octanol–water partition coefficient (Wildman–Crippen LogP) is 0.483. The maximum Gasteiger partial charge on any atom is 0.0454 e. The summed E-state index contributed by atoms with van der Waals surface area (Å²) >= 11 is 0. The standard InChI is InChI=1S/C7H12O2/c1-3-4-6(2)5-7(8)9/h4H,3,5H2,1-2H3,(H,8,9)/p-1/b6-4+. The summed E-state index contributed by atoms with van der Waals surface area (Å²) in [5.41, 5.74) is 0.873. The highest BCUT2D eigenvalue weighted by molar-refractivity contribution is 5.67. The van der Waals surface area contributed by atoms with Crippen molar-refractivity contribution in [1.82, 2.24) is 0 Å². The molecule has 0 radical (unpaired) electrons. The summed E-state index contributed by atoms with van der Waals surface area (Å²) in [5, 5.41) is 9.93. The van der Waals surface area contributed by atoms with E-state index >= 15 is 0 Å². The van der Waals surface area contributed by atoms with Crippen molar-refractivity contribution >= 4 is 5.97 Å². The number of carboxylic acid groups (broad SMARTS) is 1. The van der Waals surface area contributed by atoms with Gasteiger partial charge in [-0.2, -0.15) is 0 Å². The molecule has 0 aliphatic rings. The summed E-state index contributed by atoms with van der Waals surface area (Å²) < 4.78 is 0. The molecule has 0 bridgehead atoms. The molecular formula is C7H11O2-. The molecule has 52 valence electrons. The van der Waals surface area contributed by atoms with E-state index in [4.69, 9.17) is 0 Å². The van der Waals surface area contributed by atoms with E-state index in [1.165, 1.54) is 0 Å². The van der Waals surface area contributed by atoms with E-state index in [2.05, 4.69) is 0 Å². The van der Waals surface area contributed by atoms with Crippen LogP contribution in [0.4, 0.5) is 0 Å². The van der Waals surface area contributed by atoms with Gasteiger partial charge in [0.2, 0.25) is 0 Å². The van der Waals surface area contributed by atoms with Crippen LogP contribution in [-0.4, -0.2) is 5.97 Å². The lowest BCUT2D eigenvalue weighted by atomic mass is 10.2. The van der Waals surface area contributed by atoms with Gasteiger partial charge >= 0.3 is 0 Å². The Labute approximate surface area is 55.2 Å². The minimum Gasteiger partial charge on any atom is -0.550 e. The average molecular weight is 127 g/mol. The fourth-order valence-corrected chi connectivity index (χ4v) is 0.648. The van der Waals surface area contributed by atoms with Gasteiger partial charge in [0.25, 0.3) is 0 Å². The Hall–Kier alpha value is -0.790. The van der Waals surface area contributed by atoms with Crippen LogP contribution in [-0.2, 0) is 4.79 Å². The monoisotopic (exact) mass is 127 g/mol. The number of rotatable bonds is 3. The van der Waals surface area contributed by atoms with Crippen LogP contribution in [0.25, 0.3) is 0 Å². The first-order valence-corrected chi connectivity index (χ1v) is 3.02. The summed E-state index contributed by atoms with van der Waals surface area (Å²) in [6.45, 7) is 3.76. The molecule has 0 atom stereocenters. The van der Waals surface area contributed by atoms with Crippen molar-refractivity contribution in [2.75, 3.05) is 0 Å². The van der Waals surface area contributed by atoms with Gasteiger partial charge in [-0.05, 0) is 13.3 Å². The Balaban J connectivity index is 3.62. The van der Waals surface area contributed by atoms with Crippen molar-refractivity contribution in [3.63, 3.8) is 0 Å². The second-order valence-corrected chi connectivity index (χ2v) is 2.01. The van der Waals surface area contributed by atoms with Gasteiger partial charge in [-0.15, -0.1) is 0 Å². The summed E-state index contributed by atoms with van der Waals surface area (Å²) in [6, 6.07) is 0. The summed E-state index contributed by atoms with van der Waals surface area (Å²) in [4.78, 5) is 9.93. The minimum atomic E-state index is -1.00. The molecule has 0 aromatic rings. The topological polar surface area (TPSA) is 40.1 Å². The first-order valence-electron chi connectivity index (χ1n) is 3.02. The lowest BCUT2D eigenvalue weighted by Crippen LogP contribution is -2.21. The molecule has 0 unspecified atom stereocenters. The molecule has 9 heavy (non-hydrogen) atoms. The number of allylic oxidation sites excluding steroid dienone is 1.